The number of nitrogens with zero attached hydrogens (tertiary/aromatic N) is 6. The fraction of sp³-hybridized carbons (Fsp3) is 0.118. The van der Waals surface area contributed by atoms with Gasteiger partial charge >= 0.3 is 0 Å². The molecule has 0 amide bonds. The lowest BCUT2D eigenvalue weighted by molar-refractivity contribution is 1.02. The quantitative estimate of drug-likeness (QED) is 0.173. The Hall–Kier alpha value is -9.18. The Kier molecular flexibility index (Phi) is 9.37. The highest BCUT2D eigenvalue weighted by atomic mass is 15.1. The fourth-order valence-electron chi connectivity index (χ4n) is 12.4. The van der Waals surface area contributed by atoms with Crippen molar-refractivity contribution < 1.29 is 0 Å². The lowest BCUT2D eigenvalue weighted by Gasteiger charge is -2.29. The topological polar surface area (TPSA) is 56.4 Å². The Morgan fingerprint density at radius 2 is 0.568 bits per heavy atom. The molecule has 0 aliphatic rings. The zero-order chi connectivity index (χ0) is 50.4. The molecule has 6 nitrogen and oxygen atoms in total. The Balaban J connectivity index is 1.38. The second kappa shape index (κ2) is 15.9. The SMILES string of the molecule is Cc1ccc2c(c1)c1cc(C)ccc1n2-c1c(C#N)c(-c2ccccn2)c(-n2c3ccc(C)cc3c3cc(C)ccc32)c(-n2c3ccc(C)cc3c3cc(C)ccc32)c1-n1c2ccc(C)cc2c2cc(C)ccc21. The van der Waals surface area contributed by atoms with Gasteiger partial charge in [-0.3, -0.25) is 4.98 Å². The molecule has 0 unspecified atom stereocenters. The summed E-state index contributed by atoms with van der Waals surface area (Å²) in [5.41, 5.74) is 23.2. The van der Waals surface area contributed by atoms with Crippen molar-refractivity contribution in [1.82, 2.24) is 23.3 Å². The molecule has 0 N–H and O–H groups in total. The molecular weight excluding hydrogens is 901 g/mol. The number of rotatable bonds is 5. The zero-order valence-electron chi connectivity index (χ0n) is 42.8. The van der Waals surface area contributed by atoms with Crippen LogP contribution in [0.15, 0.2) is 170 Å². The van der Waals surface area contributed by atoms with Crippen molar-refractivity contribution in [2.75, 3.05) is 0 Å². The van der Waals surface area contributed by atoms with Crippen molar-refractivity contribution in [2.45, 2.75) is 55.4 Å². The number of aromatic nitrogens is 5. The van der Waals surface area contributed by atoms with E-state index in [1.54, 1.807) is 0 Å². The maximum Gasteiger partial charge on any atom is 0.102 e. The maximum absolute atomic E-state index is 12.6. The molecule has 0 saturated heterocycles. The van der Waals surface area contributed by atoms with Crippen molar-refractivity contribution in [3.05, 3.63) is 220 Å². The van der Waals surface area contributed by atoms with E-state index in [1.807, 2.05) is 12.3 Å². The molecule has 0 bridgehead atoms. The van der Waals surface area contributed by atoms with Gasteiger partial charge < -0.3 is 18.3 Å². The van der Waals surface area contributed by atoms with Crippen molar-refractivity contribution in [2.24, 2.45) is 0 Å². The molecule has 5 heterocycles. The van der Waals surface area contributed by atoms with Crippen LogP contribution >= 0.6 is 0 Å². The highest BCUT2D eigenvalue weighted by Gasteiger charge is 2.35. The lowest BCUT2D eigenvalue weighted by atomic mass is 9.95. The number of hydrogen-bond donors (Lipinski definition) is 0. The van der Waals surface area contributed by atoms with Gasteiger partial charge in [0.1, 0.15) is 6.07 Å². The van der Waals surface area contributed by atoms with Gasteiger partial charge in [0.15, 0.2) is 0 Å². The van der Waals surface area contributed by atoms with Crippen LogP contribution in [0.4, 0.5) is 0 Å². The first-order chi connectivity index (χ1) is 35.9. The van der Waals surface area contributed by atoms with Gasteiger partial charge in [-0.2, -0.15) is 5.26 Å². The van der Waals surface area contributed by atoms with Crippen molar-refractivity contribution in [3.63, 3.8) is 0 Å². The molecule has 74 heavy (non-hydrogen) atoms. The van der Waals surface area contributed by atoms with Crippen LogP contribution in [0.2, 0.25) is 0 Å². The van der Waals surface area contributed by atoms with Gasteiger partial charge in [0.05, 0.1) is 78.1 Å². The van der Waals surface area contributed by atoms with Crippen LogP contribution in [0.1, 0.15) is 50.1 Å². The fourth-order valence-corrected chi connectivity index (χ4v) is 12.4. The molecule has 0 radical (unpaired) electrons. The Morgan fingerprint density at radius 3 is 0.824 bits per heavy atom. The van der Waals surface area contributed by atoms with Gasteiger partial charge in [-0.1, -0.05) is 99.1 Å². The average molecular weight is 953 g/mol. The number of nitriles is 1. The van der Waals surface area contributed by atoms with Crippen molar-refractivity contribution >= 4 is 87.2 Å². The summed E-state index contributed by atoms with van der Waals surface area (Å²) >= 11 is 0. The third-order valence-corrected chi connectivity index (χ3v) is 15.6. The minimum Gasteiger partial charge on any atom is -0.306 e. The van der Waals surface area contributed by atoms with E-state index < -0.39 is 0 Å². The van der Waals surface area contributed by atoms with E-state index >= 15 is 0 Å². The molecule has 14 rings (SSSR count). The number of fused-ring (bicyclic) bond motifs is 12. The van der Waals surface area contributed by atoms with Gasteiger partial charge in [-0.05, 0) is 165 Å². The second-order valence-electron chi connectivity index (χ2n) is 21.0. The van der Waals surface area contributed by atoms with Crippen molar-refractivity contribution in [3.8, 4) is 40.1 Å². The van der Waals surface area contributed by atoms with Crippen LogP contribution < -0.4 is 0 Å². The van der Waals surface area contributed by atoms with Gasteiger partial charge in [0.25, 0.3) is 0 Å². The number of hydrogen-bond acceptors (Lipinski definition) is 2. The lowest BCUT2D eigenvalue weighted by Crippen LogP contribution is -2.17. The molecule has 0 saturated carbocycles. The van der Waals surface area contributed by atoms with E-state index in [9.17, 15) is 5.26 Å². The summed E-state index contributed by atoms with van der Waals surface area (Å²) in [5.74, 6) is 0. The first kappa shape index (κ1) is 43.6. The predicted molar refractivity (Wildman–Crippen MR) is 310 cm³/mol. The molecular formula is C68H52N6. The van der Waals surface area contributed by atoms with Gasteiger partial charge in [0, 0.05) is 54.9 Å². The Morgan fingerprint density at radius 1 is 0.311 bits per heavy atom. The normalized spacial score (nSPS) is 12.0. The summed E-state index contributed by atoms with van der Waals surface area (Å²) in [6.07, 6.45) is 1.86. The van der Waals surface area contributed by atoms with Gasteiger partial charge in [-0.25, -0.2) is 0 Å². The monoisotopic (exact) mass is 952 g/mol. The van der Waals surface area contributed by atoms with E-state index in [4.69, 9.17) is 4.98 Å². The maximum atomic E-state index is 12.6. The Labute approximate surface area is 429 Å². The number of benzene rings is 9. The highest BCUT2D eigenvalue weighted by Crippen LogP contribution is 2.52. The second-order valence-corrected chi connectivity index (χ2v) is 21.0. The predicted octanol–water partition coefficient (Wildman–Crippen LogP) is 17.5. The van der Waals surface area contributed by atoms with Crippen LogP contribution in [0.3, 0.4) is 0 Å². The molecule has 0 aliphatic heterocycles. The first-order valence-electron chi connectivity index (χ1n) is 25.6. The highest BCUT2D eigenvalue weighted by molar-refractivity contribution is 6.17. The average Bonchev–Trinajstić information content (AvgIpc) is 4.15. The van der Waals surface area contributed by atoms with E-state index in [1.165, 1.54) is 44.5 Å². The van der Waals surface area contributed by atoms with E-state index in [2.05, 4.69) is 237 Å². The minimum absolute atomic E-state index is 0.522. The van der Waals surface area contributed by atoms with E-state index in [0.29, 0.717) is 11.3 Å². The zero-order valence-corrected chi connectivity index (χ0v) is 42.8. The molecule has 6 heteroatoms. The summed E-state index contributed by atoms with van der Waals surface area (Å²) in [7, 11) is 0. The molecule has 14 aromatic rings. The van der Waals surface area contributed by atoms with Gasteiger partial charge in [0.2, 0.25) is 0 Å². The summed E-state index contributed by atoms with van der Waals surface area (Å²) in [6.45, 7) is 17.4. The molecule has 5 aromatic heterocycles. The summed E-state index contributed by atoms with van der Waals surface area (Å²) in [6, 6.07) is 63.7. The van der Waals surface area contributed by atoms with Crippen LogP contribution in [0.25, 0.3) is 121 Å². The summed E-state index contributed by atoms with van der Waals surface area (Å²) in [4.78, 5) is 5.28. The molecule has 9 aromatic carbocycles. The van der Waals surface area contributed by atoms with Crippen LogP contribution in [-0.4, -0.2) is 23.3 Å². The van der Waals surface area contributed by atoms with Crippen LogP contribution in [0, 0.1) is 66.7 Å². The third-order valence-electron chi connectivity index (χ3n) is 15.6. The minimum atomic E-state index is 0.522. The van der Waals surface area contributed by atoms with Crippen molar-refractivity contribution in [1.29, 1.82) is 5.26 Å². The summed E-state index contributed by atoms with van der Waals surface area (Å²) in [5, 5.41) is 21.8. The number of pyridine rings is 1. The molecule has 0 fully saturated rings. The van der Waals surface area contributed by atoms with Crippen LogP contribution in [0.5, 0.6) is 0 Å². The molecule has 354 valence electrons. The molecule has 0 atom stereocenters. The Bertz CT molecular complexity index is 4570. The third kappa shape index (κ3) is 6.20. The van der Waals surface area contributed by atoms with E-state index in [0.717, 1.165) is 116 Å². The summed E-state index contributed by atoms with van der Waals surface area (Å²) < 4.78 is 9.87. The largest absolute Gasteiger partial charge is 0.306 e. The standard InChI is InChI=1S/C68H52N6/c1-38-12-20-56-46(29-38)47-30-39(2)13-21-57(47)71(56)65-54(37-69)64(55-11-9-10-28-70-55)66(72-58-22-14-40(3)31-48(58)49-32-41(4)15-23-59(49)72)68(74-62-26-18-44(7)35-52(62)53-36-45(8)19-27-63(53)74)67(65)73-60-24-16-42(5)33-50(60)51-34-43(6)17-25-61(51)73/h9-36H,1-8H3. The van der Waals surface area contributed by atoms with Gasteiger partial charge in [-0.15, -0.1) is 0 Å². The smallest absolute Gasteiger partial charge is 0.102 e. The molecule has 0 spiro atoms. The van der Waals surface area contributed by atoms with E-state index in [-0.39, 0.29) is 0 Å². The number of aryl methyl sites for hydroxylation is 8. The first-order valence-corrected chi connectivity index (χ1v) is 25.6. The van der Waals surface area contributed by atoms with Crippen LogP contribution in [-0.2, 0) is 0 Å². The molecule has 0 aliphatic carbocycles.